The molecule has 2 heterocycles. The van der Waals surface area contributed by atoms with Gasteiger partial charge >= 0.3 is 0 Å². The van der Waals surface area contributed by atoms with Crippen LogP contribution in [0.1, 0.15) is 32.4 Å². The molecule has 0 saturated carbocycles. The number of nitrogen functional groups attached to an aromatic ring is 1. The van der Waals surface area contributed by atoms with Gasteiger partial charge in [0, 0.05) is 5.69 Å². The van der Waals surface area contributed by atoms with Gasteiger partial charge in [0.1, 0.15) is 6.17 Å². The number of para-hydroxylation sites is 2. The summed E-state index contributed by atoms with van der Waals surface area (Å²) in [7, 11) is 0. The standard InChI is InChI=1S/C21H16N4O2/c22-13-7-10-15-16(11-13)21(27)25(20(15)26)14-8-5-12(6-9-14)19-23-17-3-1-2-4-18(17)24-19/h1-11,19,23-24H,22H2. The molecule has 2 amide bonds. The van der Waals surface area contributed by atoms with E-state index in [4.69, 9.17) is 5.73 Å². The number of imide groups is 1. The second kappa shape index (κ2) is 5.60. The van der Waals surface area contributed by atoms with Crippen molar-refractivity contribution in [1.29, 1.82) is 0 Å². The van der Waals surface area contributed by atoms with E-state index in [0.29, 0.717) is 22.5 Å². The van der Waals surface area contributed by atoms with Crippen molar-refractivity contribution in [2.24, 2.45) is 0 Å². The van der Waals surface area contributed by atoms with Crippen molar-refractivity contribution in [3.8, 4) is 0 Å². The highest BCUT2D eigenvalue weighted by Crippen LogP contribution is 2.36. The predicted molar refractivity (Wildman–Crippen MR) is 105 cm³/mol. The van der Waals surface area contributed by atoms with Crippen molar-refractivity contribution < 1.29 is 9.59 Å². The zero-order chi connectivity index (χ0) is 18.5. The number of fused-ring (bicyclic) bond motifs is 2. The summed E-state index contributed by atoms with van der Waals surface area (Å²) in [6, 6.07) is 20.2. The zero-order valence-electron chi connectivity index (χ0n) is 14.3. The summed E-state index contributed by atoms with van der Waals surface area (Å²) in [6.07, 6.45) is -0.0570. The number of anilines is 4. The number of hydrogen-bond donors (Lipinski definition) is 3. The number of rotatable bonds is 2. The number of carbonyl (C=O) groups is 2. The summed E-state index contributed by atoms with van der Waals surface area (Å²) in [6.45, 7) is 0. The first-order valence-electron chi connectivity index (χ1n) is 8.62. The minimum Gasteiger partial charge on any atom is -0.399 e. The number of hydrogen-bond acceptors (Lipinski definition) is 5. The third-order valence-corrected chi connectivity index (χ3v) is 4.92. The Morgan fingerprint density at radius 3 is 2.07 bits per heavy atom. The first kappa shape index (κ1) is 15.5. The van der Waals surface area contributed by atoms with E-state index >= 15 is 0 Å². The molecule has 0 spiro atoms. The van der Waals surface area contributed by atoms with E-state index in [9.17, 15) is 9.59 Å². The third kappa shape index (κ3) is 2.34. The maximum atomic E-state index is 12.7. The van der Waals surface area contributed by atoms with Gasteiger partial charge in [0.25, 0.3) is 11.8 Å². The molecule has 2 aliphatic heterocycles. The summed E-state index contributed by atoms with van der Waals surface area (Å²) in [5.41, 5.74) is 10.6. The molecule has 3 aromatic carbocycles. The fraction of sp³-hybridized carbons (Fsp3) is 0.0476. The summed E-state index contributed by atoms with van der Waals surface area (Å²) >= 11 is 0. The first-order valence-corrected chi connectivity index (χ1v) is 8.62. The van der Waals surface area contributed by atoms with Crippen LogP contribution in [-0.4, -0.2) is 11.8 Å². The van der Waals surface area contributed by atoms with Crippen molar-refractivity contribution >= 4 is 34.6 Å². The highest BCUT2D eigenvalue weighted by Gasteiger charge is 2.36. The Hall–Kier alpha value is -3.80. The Morgan fingerprint density at radius 2 is 1.41 bits per heavy atom. The molecule has 4 N–H and O–H groups in total. The van der Waals surface area contributed by atoms with Gasteiger partial charge < -0.3 is 16.4 Å². The van der Waals surface area contributed by atoms with Crippen LogP contribution in [0.5, 0.6) is 0 Å². The number of nitrogens with one attached hydrogen (secondary N) is 2. The second-order valence-electron chi connectivity index (χ2n) is 6.61. The Kier molecular flexibility index (Phi) is 3.21. The molecule has 2 aliphatic rings. The van der Waals surface area contributed by atoms with Gasteiger partial charge in [-0.05, 0) is 48.0 Å². The molecule has 0 saturated heterocycles. The minimum absolute atomic E-state index is 0.0570. The van der Waals surface area contributed by atoms with Crippen LogP contribution in [0.3, 0.4) is 0 Å². The number of amides is 2. The maximum Gasteiger partial charge on any atom is 0.266 e. The number of nitrogens with zero attached hydrogens (tertiary/aromatic N) is 1. The average Bonchev–Trinajstić information content (AvgIpc) is 3.22. The molecule has 0 unspecified atom stereocenters. The predicted octanol–water partition coefficient (Wildman–Crippen LogP) is 3.61. The van der Waals surface area contributed by atoms with Crippen molar-refractivity contribution in [1.82, 2.24) is 0 Å². The fourth-order valence-corrected chi connectivity index (χ4v) is 3.56. The molecule has 6 heteroatoms. The van der Waals surface area contributed by atoms with Gasteiger partial charge in [0.15, 0.2) is 0 Å². The lowest BCUT2D eigenvalue weighted by Crippen LogP contribution is -2.29. The number of benzene rings is 3. The number of carbonyl (C=O) groups excluding carboxylic acids is 2. The van der Waals surface area contributed by atoms with Gasteiger partial charge in [0.05, 0.1) is 28.2 Å². The van der Waals surface area contributed by atoms with Gasteiger partial charge in [-0.3, -0.25) is 9.59 Å². The molecule has 0 atom stereocenters. The molecule has 0 fully saturated rings. The lowest BCUT2D eigenvalue weighted by atomic mass is 10.1. The van der Waals surface area contributed by atoms with Crippen LogP contribution < -0.4 is 21.3 Å². The molecule has 132 valence electrons. The van der Waals surface area contributed by atoms with E-state index < -0.39 is 0 Å². The van der Waals surface area contributed by atoms with Crippen molar-refractivity contribution in [3.05, 3.63) is 83.4 Å². The molecule has 0 radical (unpaired) electrons. The summed E-state index contributed by atoms with van der Waals surface area (Å²) in [4.78, 5) is 26.5. The van der Waals surface area contributed by atoms with Gasteiger partial charge in [-0.2, -0.15) is 0 Å². The van der Waals surface area contributed by atoms with Crippen molar-refractivity contribution in [2.45, 2.75) is 6.17 Å². The third-order valence-electron chi connectivity index (χ3n) is 4.92. The van der Waals surface area contributed by atoms with E-state index in [1.54, 1.807) is 30.3 Å². The molecule has 0 aliphatic carbocycles. The topological polar surface area (TPSA) is 87.5 Å². The van der Waals surface area contributed by atoms with E-state index in [1.807, 2.05) is 36.4 Å². The lowest BCUT2D eigenvalue weighted by Gasteiger charge is -2.17. The van der Waals surface area contributed by atoms with Crippen LogP contribution in [0.2, 0.25) is 0 Å². The molecule has 0 aromatic heterocycles. The second-order valence-corrected chi connectivity index (χ2v) is 6.61. The largest absolute Gasteiger partial charge is 0.399 e. The highest BCUT2D eigenvalue weighted by atomic mass is 16.2. The Balaban J connectivity index is 1.42. The van der Waals surface area contributed by atoms with Gasteiger partial charge in [0.2, 0.25) is 0 Å². The van der Waals surface area contributed by atoms with Crippen LogP contribution in [0, 0.1) is 0 Å². The molecular formula is C21H16N4O2. The lowest BCUT2D eigenvalue weighted by molar-refractivity contribution is 0.0926. The Morgan fingerprint density at radius 1 is 0.778 bits per heavy atom. The van der Waals surface area contributed by atoms with E-state index in [-0.39, 0.29) is 18.0 Å². The van der Waals surface area contributed by atoms with Gasteiger partial charge in [-0.25, -0.2) is 4.90 Å². The van der Waals surface area contributed by atoms with E-state index in [2.05, 4.69) is 10.6 Å². The summed E-state index contributed by atoms with van der Waals surface area (Å²) < 4.78 is 0. The molecule has 5 rings (SSSR count). The van der Waals surface area contributed by atoms with Crippen molar-refractivity contribution in [2.75, 3.05) is 21.3 Å². The van der Waals surface area contributed by atoms with Crippen LogP contribution in [0.15, 0.2) is 66.7 Å². The molecule has 0 bridgehead atoms. The van der Waals surface area contributed by atoms with Gasteiger partial charge in [-0.1, -0.05) is 24.3 Å². The fourth-order valence-electron chi connectivity index (χ4n) is 3.56. The van der Waals surface area contributed by atoms with Crippen molar-refractivity contribution in [3.63, 3.8) is 0 Å². The first-order chi connectivity index (χ1) is 13.1. The number of nitrogens with two attached hydrogens (primary N) is 1. The minimum atomic E-state index is -0.348. The maximum absolute atomic E-state index is 12.7. The normalized spacial score (nSPS) is 15.3. The highest BCUT2D eigenvalue weighted by molar-refractivity contribution is 6.34. The Labute approximate surface area is 155 Å². The van der Waals surface area contributed by atoms with Crippen LogP contribution >= 0.6 is 0 Å². The van der Waals surface area contributed by atoms with Crippen LogP contribution in [0.4, 0.5) is 22.7 Å². The summed E-state index contributed by atoms with van der Waals surface area (Å²) in [5.74, 6) is -0.674. The van der Waals surface area contributed by atoms with E-state index in [1.165, 1.54) is 4.90 Å². The van der Waals surface area contributed by atoms with Crippen LogP contribution in [0.25, 0.3) is 0 Å². The monoisotopic (exact) mass is 356 g/mol. The molecule has 6 nitrogen and oxygen atoms in total. The van der Waals surface area contributed by atoms with Crippen LogP contribution in [-0.2, 0) is 0 Å². The molecule has 27 heavy (non-hydrogen) atoms. The Bertz CT molecular complexity index is 1070. The molecular weight excluding hydrogens is 340 g/mol. The summed E-state index contributed by atoms with van der Waals surface area (Å²) in [5, 5.41) is 6.81. The molecule has 3 aromatic rings. The zero-order valence-corrected chi connectivity index (χ0v) is 14.3. The van der Waals surface area contributed by atoms with Gasteiger partial charge in [-0.15, -0.1) is 0 Å². The average molecular weight is 356 g/mol. The van der Waals surface area contributed by atoms with E-state index in [0.717, 1.165) is 16.9 Å². The SMILES string of the molecule is Nc1ccc2c(c1)C(=O)N(c1ccc(C3Nc4ccccc4N3)cc1)C2=O. The smallest absolute Gasteiger partial charge is 0.266 e. The quantitative estimate of drug-likeness (QED) is 0.482.